The second-order valence-electron chi connectivity index (χ2n) is 9.34. The minimum Gasteiger partial charge on any atom is -0.328 e. The van der Waals surface area contributed by atoms with E-state index in [9.17, 15) is 4.79 Å². The Hall–Kier alpha value is -3.99. The first-order valence-electron chi connectivity index (χ1n) is 11.0. The number of H-pyrrole nitrogens is 1. The Morgan fingerprint density at radius 1 is 0.879 bits per heavy atom. The van der Waals surface area contributed by atoms with Crippen molar-refractivity contribution in [3.05, 3.63) is 95.0 Å². The highest BCUT2D eigenvalue weighted by molar-refractivity contribution is 5.95. The zero-order valence-corrected chi connectivity index (χ0v) is 19.3. The van der Waals surface area contributed by atoms with Gasteiger partial charge in [-0.05, 0) is 59.0 Å². The van der Waals surface area contributed by atoms with E-state index in [-0.39, 0.29) is 11.0 Å². The van der Waals surface area contributed by atoms with Gasteiger partial charge in [0.2, 0.25) is 0 Å². The number of aromatic nitrogens is 4. The van der Waals surface area contributed by atoms with Crippen molar-refractivity contribution in [2.45, 2.75) is 26.2 Å². The third-order valence-corrected chi connectivity index (χ3v) is 6.04. The molecule has 0 fully saturated rings. The average Bonchev–Trinajstić information content (AvgIpc) is 3.15. The highest BCUT2D eigenvalue weighted by atomic mass is 16.1. The normalized spacial score (nSPS) is 11.8. The molecule has 0 unspecified atom stereocenters. The van der Waals surface area contributed by atoms with Crippen LogP contribution < -0.4 is 5.56 Å². The summed E-state index contributed by atoms with van der Waals surface area (Å²) in [6.45, 7) is 6.65. The summed E-state index contributed by atoms with van der Waals surface area (Å²) in [5.41, 5.74) is 7.59. The number of benzene rings is 2. The molecular formula is C28H26N4O. The van der Waals surface area contributed by atoms with Gasteiger partial charge < -0.3 is 9.55 Å². The maximum absolute atomic E-state index is 12.4. The minimum absolute atomic E-state index is 0.0277. The molecule has 33 heavy (non-hydrogen) atoms. The molecule has 0 amide bonds. The molecule has 0 aliphatic rings. The van der Waals surface area contributed by atoms with Crippen molar-refractivity contribution >= 4 is 11.0 Å². The van der Waals surface area contributed by atoms with Crippen molar-refractivity contribution in [2.24, 2.45) is 7.05 Å². The molecule has 5 aromatic rings. The molecule has 0 bridgehead atoms. The lowest BCUT2D eigenvalue weighted by Gasteiger charge is -2.21. The summed E-state index contributed by atoms with van der Waals surface area (Å²) in [5.74, 6) is 0.649. The summed E-state index contributed by atoms with van der Waals surface area (Å²) in [4.78, 5) is 24.7. The Bertz CT molecular complexity index is 1520. The SMILES string of the molecule is Cn1c(-c2ccc[nH]c2=O)nc2c(-c3cc(-c4ccccn4)cc(C(C)(C)C)c3)cccc21. The Labute approximate surface area is 192 Å². The number of pyridine rings is 2. The Morgan fingerprint density at radius 2 is 1.67 bits per heavy atom. The first-order chi connectivity index (χ1) is 15.8. The molecule has 5 rings (SSSR count). The van der Waals surface area contributed by atoms with Crippen LogP contribution in [0, 0.1) is 0 Å². The van der Waals surface area contributed by atoms with Gasteiger partial charge >= 0.3 is 0 Å². The zero-order chi connectivity index (χ0) is 23.2. The summed E-state index contributed by atoms with van der Waals surface area (Å²) in [6.07, 6.45) is 3.46. The van der Waals surface area contributed by atoms with Gasteiger partial charge in [0.15, 0.2) is 0 Å². The molecule has 0 saturated heterocycles. The molecule has 3 heterocycles. The number of rotatable bonds is 3. The van der Waals surface area contributed by atoms with Gasteiger partial charge in [0, 0.05) is 30.6 Å². The molecule has 0 saturated carbocycles. The maximum atomic E-state index is 12.4. The summed E-state index contributed by atoms with van der Waals surface area (Å²) in [6, 6.07) is 22.4. The minimum atomic E-state index is -0.148. The standard InChI is InChI=1S/C28H26N4O/c1-28(2,3)20-16-18(15-19(17-20)23-11-5-6-13-29-23)21-9-7-12-24-25(21)31-26(32(24)4)22-10-8-14-30-27(22)33/h5-17H,1-4H3,(H,30,33). The van der Waals surface area contributed by atoms with E-state index in [0.717, 1.165) is 33.4 Å². The number of hydrogen-bond acceptors (Lipinski definition) is 3. The van der Waals surface area contributed by atoms with Crippen LogP contribution in [0.15, 0.2) is 83.9 Å². The molecule has 0 aliphatic carbocycles. The Kier molecular flexibility index (Phi) is 4.97. The van der Waals surface area contributed by atoms with Crippen LogP contribution in [0.5, 0.6) is 0 Å². The zero-order valence-electron chi connectivity index (χ0n) is 19.3. The van der Waals surface area contributed by atoms with E-state index in [2.05, 4.69) is 55.0 Å². The highest BCUT2D eigenvalue weighted by Crippen LogP contribution is 2.36. The van der Waals surface area contributed by atoms with Gasteiger partial charge in [-0.25, -0.2) is 4.98 Å². The third kappa shape index (κ3) is 3.76. The molecule has 5 nitrogen and oxygen atoms in total. The second-order valence-corrected chi connectivity index (χ2v) is 9.34. The van der Waals surface area contributed by atoms with Gasteiger partial charge in [-0.15, -0.1) is 0 Å². The molecule has 2 aromatic carbocycles. The molecule has 0 aliphatic heterocycles. The fourth-order valence-electron chi connectivity index (χ4n) is 4.18. The van der Waals surface area contributed by atoms with Gasteiger partial charge in [0.05, 0.1) is 22.3 Å². The number of nitrogens with one attached hydrogen (secondary N) is 1. The van der Waals surface area contributed by atoms with Gasteiger partial charge in [-0.3, -0.25) is 9.78 Å². The first kappa shape index (κ1) is 20.9. The number of para-hydroxylation sites is 1. The fourth-order valence-corrected chi connectivity index (χ4v) is 4.18. The van der Waals surface area contributed by atoms with Crippen molar-refractivity contribution in [3.8, 4) is 33.8 Å². The van der Waals surface area contributed by atoms with Gasteiger partial charge in [-0.1, -0.05) is 45.0 Å². The average molecular weight is 435 g/mol. The summed E-state index contributed by atoms with van der Waals surface area (Å²) in [7, 11) is 1.95. The van der Waals surface area contributed by atoms with Gasteiger partial charge in [0.1, 0.15) is 5.82 Å². The molecular weight excluding hydrogens is 408 g/mol. The van der Waals surface area contributed by atoms with Gasteiger partial charge in [-0.2, -0.15) is 0 Å². The van der Waals surface area contributed by atoms with Crippen LogP contribution in [0.3, 0.4) is 0 Å². The van der Waals surface area contributed by atoms with Crippen LogP contribution in [0.1, 0.15) is 26.3 Å². The quantitative estimate of drug-likeness (QED) is 0.381. The topological polar surface area (TPSA) is 63.6 Å². The van der Waals surface area contributed by atoms with E-state index >= 15 is 0 Å². The van der Waals surface area contributed by atoms with Crippen molar-refractivity contribution < 1.29 is 0 Å². The van der Waals surface area contributed by atoms with E-state index in [4.69, 9.17) is 4.98 Å². The number of imidazole rings is 1. The number of fused-ring (bicyclic) bond motifs is 1. The number of hydrogen-bond donors (Lipinski definition) is 1. The van der Waals surface area contributed by atoms with Crippen molar-refractivity contribution in [1.82, 2.24) is 19.5 Å². The van der Waals surface area contributed by atoms with Crippen LogP contribution >= 0.6 is 0 Å². The van der Waals surface area contributed by atoms with Crippen LogP contribution in [0.4, 0.5) is 0 Å². The summed E-state index contributed by atoms with van der Waals surface area (Å²) >= 11 is 0. The predicted molar refractivity (Wildman–Crippen MR) is 134 cm³/mol. The van der Waals surface area contributed by atoms with E-state index < -0.39 is 0 Å². The predicted octanol–water partition coefficient (Wildman–Crippen LogP) is 5.96. The van der Waals surface area contributed by atoms with Crippen LogP contribution in [-0.4, -0.2) is 19.5 Å². The summed E-state index contributed by atoms with van der Waals surface area (Å²) in [5, 5.41) is 0. The van der Waals surface area contributed by atoms with Crippen LogP contribution in [0.2, 0.25) is 0 Å². The molecule has 164 valence electrons. The van der Waals surface area contributed by atoms with E-state index in [1.807, 2.05) is 54.2 Å². The number of aromatic amines is 1. The van der Waals surface area contributed by atoms with Crippen molar-refractivity contribution in [2.75, 3.05) is 0 Å². The lowest BCUT2D eigenvalue weighted by Crippen LogP contribution is -2.11. The monoisotopic (exact) mass is 434 g/mol. The molecule has 0 radical (unpaired) electrons. The van der Waals surface area contributed by atoms with E-state index in [1.165, 1.54) is 5.56 Å². The third-order valence-electron chi connectivity index (χ3n) is 6.04. The molecule has 3 aromatic heterocycles. The molecule has 5 heteroatoms. The fraction of sp³-hybridized carbons (Fsp3) is 0.179. The molecule has 0 spiro atoms. The Balaban J connectivity index is 1.77. The Morgan fingerprint density at radius 3 is 2.39 bits per heavy atom. The first-order valence-corrected chi connectivity index (χ1v) is 11.0. The van der Waals surface area contributed by atoms with Crippen LogP contribution in [0.25, 0.3) is 44.8 Å². The molecule has 0 atom stereocenters. The van der Waals surface area contributed by atoms with Gasteiger partial charge in [0.25, 0.3) is 5.56 Å². The highest BCUT2D eigenvalue weighted by Gasteiger charge is 2.20. The lowest BCUT2D eigenvalue weighted by molar-refractivity contribution is 0.590. The maximum Gasteiger partial charge on any atom is 0.258 e. The van der Waals surface area contributed by atoms with Crippen LogP contribution in [-0.2, 0) is 12.5 Å². The van der Waals surface area contributed by atoms with E-state index in [0.29, 0.717) is 11.4 Å². The molecule has 1 N–H and O–H groups in total. The van der Waals surface area contributed by atoms with Crippen molar-refractivity contribution in [1.29, 1.82) is 0 Å². The lowest BCUT2D eigenvalue weighted by atomic mass is 9.83. The van der Waals surface area contributed by atoms with E-state index in [1.54, 1.807) is 12.3 Å². The second kappa shape index (κ2) is 7.85. The number of nitrogens with zero attached hydrogens (tertiary/aromatic N) is 3. The smallest absolute Gasteiger partial charge is 0.258 e. The number of aryl methyl sites for hydroxylation is 1. The largest absolute Gasteiger partial charge is 0.328 e. The van der Waals surface area contributed by atoms with Crippen molar-refractivity contribution in [3.63, 3.8) is 0 Å². The summed E-state index contributed by atoms with van der Waals surface area (Å²) < 4.78 is 1.98.